The standard InChI is InChI=1S/C13H10N4O3S3/c14-12-16-8(7-21-12)6-19-15-5-11(18)20-23-13-17-9-3-1-2-4-10(9)22-13/h1-5,7H,6H2,(H2,14,16). The minimum atomic E-state index is -0.632. The number of aromatic nitrogens is 2. The molecule has 0 bridgehead atoms. The number of fused-ring (bicyclic) bond motifs is 1. The maximum absolute atomic E-state index is 11.5. The number of carbonyl (C=O) groups is 1. The molecule has 0 aliphatic rings. The number of carbonyl (C=O) groups excluding carboxylic acids is 1. The van der Waals surface area contributed by atoms with Crippen molar-refractivity contribution in [3.05, 3.63) is 35.3 Å². The van der Waals surface area contributed by atoms with Gasteiger partial charge in [0, 0.05) is 5.38 Å². The van der Waals surface area contributed by atoms with Gasteiger partial charge in [-0.3, -0.25) is 0 Å². The smallest absolute Gasteiger partial charge is 0.365 e. The lowest BCUT2D eigenvalue weighted by molar-refractivity contribution is -0.125. The summed E-state index contributed by atoms with van der Waals surface area (Å²) >= 11 is 3.65. The maximum Gasteiger partial charge on any atom is 0.365 e. The van der Waals surface area contributed by atoms with E-state index in [4.69, 9.17) is 14.8 Å². The SMILES string of the molecule is Nc1nc(CON=CC(=O)OSc2nc3ccccc3s2)cs1. The molecule has 1 aromatic carbocycles. The zero-order chi connectivity index (χ0) is 16.1. The minimum absolute atomic E-state index is 0.141. The van der Waals surface area contributed by atoms with E-state index in [9.17, 15) is 4.79 Å². The Bertz CT molecular complexity index is 813. The number of nitrogen functional groups attached to an aromatic ring is 1. The normalized spacial score (nSPS) is 11.1. The third-order valence-electron chi connectivity index (χ3n) is 2.48. The van der Waals surface area contributed by atoms with Gasteiger partial charge >= 0.3 is 5.97 Å². The number of hydrogen-bond donors (Lipinski definition) is 1. The number of hydrogen-bond acceptors (Lipinski definition) is 10. The Morgan fingerprint density at radius 2 is 2.26 bits per heavy atom. The zero-order valence-corrected chi connectivity index (χ0v) is 14.0. The molecular formula is C13H10N4O3S3. The second-order valence-electron chi connectivity index (χ2n) is 4.12. The number of para-hydroxylation sites is 1. The Labute approximate surface area is 143 Å². The van der Waals surface area contributed by atoms with Gasteiger partial charge in [0.1, 0.15) is 12.0 Å². The summed E-state index contributed by atoms with van der Waals surface area (Å²) in [5, 5.41) is 5.74. The van der Waals surface area contributed by atoms with Crippen molar-refractivity contribution in [2.75, 3.05) is 5.73 Å². The van der Waals surface area contributed by atoms with Crippen molar-refractivity contribution in [2.24, 2.45) is 5.16 Å². The third-order valence-corrected chi connectivity index (χ3v) is 4.97. The average Bonchev–Trinajstić information content (AvgIpc) is 3.15. The second-order valence-corrected chi connectivity index (χ2v) is 7.02. The molecule has 0 fully saturated rings. The summed E-state index contributed by atoms with van der Waals surface area (Å²) < 4.78 is 6.65. The highest BCUT2D eigenvalue weighted by molar-refractivity contribution is 7.97. The van der Waals surface area contributed by atoms with Crippen LogP contribution >= 0.6 is 34.7 Å². The van der Waals surface area contributed by atoms with E-state index in [-0.39, 0.29) is 6.61 Å². The van der Waals surface area contributed by atoms with Gasteiger partial charge in [-0.1, -0.05) is 17.3 Å². The molecule has 0 spiro atoms. The summed E-state index contributed by atoms with van der Waals surface area (Å²) in [4.78, 5) is 24.8. The molecule has 23 heavy (non-hydrogen) atoms. The van der Waals surface area contributed by atoms with Gasteiger partial charge in [0.25, 0.3) is 0 Å². The number of oxime groups is 1. The van der Waals surface area contributed by atoms with Crippen LogP contribution in [0.25, 0.3) is 10.2 Å². The molecule has 118 valence electrons. The molecule has 0 radical (unpaired) electrons. The first-order valence-corrected chi connectivity index (χ1v) is 8.74. The zero-order valence-electron chi connectivity index (χ0n) is 11.5. The molecule has 3 aromatic rings. The van der Waals surface area contributed by atoms with Crippen molar-refractivity contribution in [1.82, 2.24) is 9.97 Å². The lowest BCUT2D eigenvalue weighted by Gasteiger charge is -1.96. The fourth-order valence-corrected chi connectivity index (χ4v) is 3.64. The van der Waals surface area contributed by atoms with Crippen LogP contribution < -0.4 is 5.73 Å². The van der Waals surface area contributed by atoms with E-state index in [0.717, 1.165) is 28.5 Å². The van der Waals surface area contributed by atoms with Crippen LogP contribution in [-0.2, 0) is 20.4 Å². The molecule has 0 amide bonds. The van der Waals surface area contributed by atoms with Crippen LogP contribution in [0.1, 0.15) is 5.69 Å². The van der Waals surface area contributed by atoms with Crippen molar-refractivity contribution >= 4 is 62.2 Å². The summed E-state index contributed by atoms with van der Waals surface area (Å²) in [6, 6.07) is 7.70. The van der Waals surface area contributed by atoms with Gasteiger partial charge in [0.05, 0.1) is 15.9 Å². The second kappa shape index (κ2) is 7.40. The average molecular weight is 366 g/mol. The van der Waals surface area contributed by atoms with Crippen LogP contribution in [0.5, 0.6) is 0 Å². The van der Waals surface area contributed by atoms with Crippen LogP contribution in [0.4, 0.5) is 5.13 Å². The predicted molar refractivity (Wildman–Crippen MR) is 91.4 cm³/mol. The Kier molecular flexibility index (Phi) is 5.05. The topological polar surface area (TPSA) is 99.7 Å². The van der Waals surface area contributed by atoms with E-state index in [1.807, 2.05) is 24.3 Å². The Hall–Kier alpha value is -2.17. The van der Waals surface area contributed by atoms with E-state index in [1.165, 1.54) is 22.7 Å². The number of nitrogens with zero attached hydrogens (tertiary/aromatic N) is 3. The largest absolute Gasteiger partial charge is 0.389 e. The Morgan fingerprint density at radius 1 is 1.39 bits per heavy atom. The van der Waals surface area contributed by atoms with Crippen molar-refractivity contribution < 1.29 is 13.8 Å². The van der Waals surface area contributed by atoms with Crippen molar-refractivity contribution in [2.45, 2.75) is 10.9 Å². The summed E-state index contributed by atoms with van der Waals surface area (Å²) in [5.74, 6) is -0.632. The molecule has 3 rings (SSSR count). The van der Waals surface area contributed by atoms with Gasteiger partial charge in [-0.15, -0.1) is 22.7 Å². The summed E-state index contributed by atoms with van der Waals surface area (Å²) in [6.07, 6.45) is 0.954. The highest BCUT2D eigenvalue weighted by atomic mass is 32.2. The van der Waals surface area contributed by atoms with Crippen LogP contribution in [-0.4, -0.2) is 22.2 Å². The molecule has 0 unspecified atom stereocenters. The van der Waals surface area contributed by atoms with Crippen LogP contribution in [0, 0.1) is 0 Å². The summed E-state index contributed by atoms with van der Waals surface area (Å²) in [7, 11) is 0. The number of benzene rings is 1. The predicted octanol–water partition coefficient (Wildman–Crippen LogP) is 3.09. The number of thiazole rings is 2. The highest BCUT2D eigenvalue weighted by Crippen LogP contribution is 2.29. The molecule has 7 nitrogen and oxygen atoms in total. The highest BCUT2D eigenvalue weighted by Gasteiger charge is 2.07. The molecule has 0 saturated heterocycles. The molecule has 0 saturated carbocycles. The molecule has 2 aromatic heterocycles. The monoisotopic (exact) mass is 366 g/mol. The quantitative estimate of drug-likeness (QED) is 0.406. The molecule has 0 aliphatic heterocycles. The minimum Gasteiger partial charge on any atom is -0.389 e. The van der Waals surface area contributed by atoms with Gasteiger partial charge in [-0.05, 0) is 12.1 Å². The molecular weight excluding hydrogens is 356 g/mol. The van der Waals surface area contributed by atoms with Crippen molar-refractivity contribution in [3.63, 3.8) is 0 Å². The number of rotatable bonds is 6. The first kappa shape index (κ1) is 15.7. The number of anilines is 1. The van der Waals surface area contributed by atoms with Crippen LogP contribution in [0.2, 0.25) is 0 Å². The van der Waals surface area contributed by atoms with Gasteiger partial charge in [-0.25, -0.2) is 14.8 Å². The fourth-order valence-electron chi connectivity index (χ4n) is 1.56. The summed E-state index contributed by atoms with van der Waals surface area (Å²) in [6.45, 7) is 0.141. The van der Waals surface area contributed by atoms with Crippen molar-refractivity contribution in [1.29, 1.82) is 0 Å². The van der Waals surface area contributed by atoms with Gasteiger partial charge < -0.3 is 14.8 Å². The Balaban J connectivity index is 1.44. The van der Waals surface area contributed by atoms with E-state index in [1.54, 1.807) is 5.38 Å². The third kappa shape index (κ3) is 4.41. The maximum atomic E-state index is 11.5. The first-order chi connectivity index (χ1) is 11.2. The lowest BCUT2D eigenvalue weighted by atomic mass is 10.3. The molecule has 0 atom stereocenters. The van der Waals surface area contributed by atoms with Crippen molar-refractivity contribution in [3.8, 4) is 0 Å². The van der Waals surface area contributed by atoms with E-state index in [0.29, 0.717) is 15.2 Å². The Morgan fingerprint density at radius 3 is 3.04 bits per heavy atom. The van der Waals surface area contributed by atoms with Gasteiger partial charge in [-0.2, -0.15) is 0 Å². The van der Waals surface area contributed by atoms with Crippen LogP contribution in [0.15, 0.2) is 39.1 Å². The van der Waals surface area contributed by atoms with Crippen LogP contribution in [0.3, 0.4) is 0 Å². The molecule has 10 heteroatoms. The molecule has 2 heterocycles. The fraction of sp³-hybridized carbons (Fsp3) is 0.0769. The van der Waals surface area contributed by atoms with E-state index < -0.39 is 5.97 Å². The summed E-state index contributed by atoms with van der Waals surface area (Å²) in [5.41, 5.74) is 7.01. The number of nitrogens with two attached hydrogens (primary N) is 1. The van der Waals surface area contributed by atoms with E-state index >= 15 is 0 Å². The van der Waals surface area contributed by atoms with Gasteiger partial charge in [0.15, 0.2) is 22.3 Å². The molecule has 0 aliphatic carbocycles. The van der Waals surface area contributed by atoms with Gasteiger partial charge in [0.2, 0.25) is 0 Å². The van der Waals surface area contributed by atoms with E-state index in [2.05, 4.69) is 15.1 Å². The molecule has 2 N–H and O–H groups in total. The lowest BCUT2D eigenvalue weighted by Crippen LogP contribution is -2.00. The first-order valence-electron chi connectivity index (χ1n) is 6.30.